The standard InChI is InChI=1S/C27H30N2O6S/c1-3-24-23(27(30)31)9-11-26(29-24)28-20-4-10-25(19(17-20)16-18-12-14-34-15-13-18)35-21-5-7-22(8-6-21)36(2,32)33/h4-11,17-18H,3,12-16H2,1-2H3,(H,28,29)(H,30,31). The van der Waals surface area contributed by atoms with Gasteiger partial charge in [0.05, 0.1) is 16.2 Å². The summed E-state index contributed by atoms with van der Waals surface area (Å²) in [7, 11) is -3.28. The fourth-order valence-corrected chi connectivity index (χ4v) is 4.87. The highest BCUT2D eigenvalue weighted by Gasteiger charge is 2.18. The van der Waals surface area contributed by atoms with Crippen LogP contribution in [0.1, 0.15) is 41.4 Å². The second kappa shape index (κ2) is 11.1. The van der Waals surface area contributed by atoms with Crippen molar-refractivity contribution in [1.82, 2.24) is 4.98 Å². The topological polar surface area (TPSA) is 115 Å². The first-order valence-corrected chi connectivity index (χ1v) is 13.8. The van der Waals surface area contributed by atoms with Gasteiger partial charge in [0.25, 0.3) is 0 Å². The number of aromatic carboxylic acids is 1. The molecule has 3 aromatic rings. The van der Waals surface area contributed by atoms with Crippen LogP contribution in [-0.4, -0.2) is 43.9 Å². The SMILES string of the molecule is CCc1nc(Nc2ccc(Oc3ccc(S(C)(=O)=O)cc3)c(CC3CCOCC3)c2)ccc1C(=O)O. The number of nitrogens with one attached hydrogen (secondary N) is 1. The van der Waals surface area contributed by atoms with Gasteiger partial charge in [-0.15, -0.1) is 0 Å². The van der Waals surface area contributed by atoms with E-state index in [1.165, 1.54) is 18.4 Å². The first-order valence-electron chi connectivity index (χ1n) is 11.9. The lowest BCUT2D eigenvalue weighted by Crippen LogP contribution is -2.17. The molecule has 0 atom stereocenters. The summed E-state index contributed by atoms with van der Waals surface area (Å²) in [5, 5.41) is 12.6. The average Bonchev–Trinajstić information content (AvgIpc) is 2.86. The normalized spacial score (nSPS) is 14.4. The van der Waals surface area contributed by atoms with Crippen molar-refractivity contribution in [2.75, 3.05) is 24.8 Å². The van der Waals surface area contributed by atoms with Crippen LogP contribution in [0.2, 0.25) is 0 Å². The molecule has 1 aliphatic heterocycles. The van der Waals surface area contributed by atoms with Gasteiger partial charge in [-0.2, -0.15) is 0 Å². The summed E-state index contributed by atoms with van der Waals surface area (Å²) in [4.78, 5) is 16.1. The second-order valence-corrected chi connectivity index (χ2v) is 10.9. The number of aromatic nitrogens is 1. The average molecular weight is 511 g/mol. The number of nitrogens with zero attached hydrogens (tertiary/aromatic N) is 1. The van der Waals surface area contributed by atoms with Gasteiger partial charge in [0.15, 0.2) is 9.84 Å². The molecule has 0 saturated carbocycles. The molecule has 1 saturated heterocycles. The second-order valence-electron chi connectivity index (χ2n) is 8.90. The van der Waals surface area contributed by atoms with Crippen LogP contribution in [-0.2, 0) is 27.4 Å². The third-order valence-corrected chi connectivity index (χ3v) is 7.33. The number of sulfone groups is 1. The van der Waals surface area contributed by atoms with E-state index in [1.807, 2.05) is 25.1 Å². The van der Waals surface area contributed by atoms with E-state index in [9.17, 15) is 18.3 Å². The predicted molar refractivity (Wildman–Crippen MR) is 137 cm³/mol. The van der Waals surface area contributed by atoms with E-state index in [2.05, 4.69) is 10.3 Å². The molecule has 2 N–H and O–H groups in total. The number of ether oxygens (including phenoxy) is 2. The summed E-state index contributed by atoms with van der Waals surface area (Å²) >= 11 is 0. The number of hydrogen-bond acceptors (Lipinski definition) is 7. The molecule has 0 unspecified atom stereocenters. The molecule has 1 aliphatic rings. The Morgan fingerprint density at radius 2 is 1.83 bits per heavy atom. The largest absolute Gasteiger partial charge is 0.478 e. The lowest BCUT2D eigenvalue weighted by molar-refractivity contribution is 0.0663. The van der Waals surface area contributed by atoms with E-state index in [1.54, 1.807) is 24.3 Å². The number of carboxylic acid groups (broad SMARTS) is 1. The monoisotopic (exact) mass is 510 g/mol. The minimum absolute atomic E-state index is 0.203. The zero-order valence-corrected chi connectivity index (χ0v) is 21.2. The highest BCUT2D eigenvalue weighted by Crippen LogP contribution is 2.33. The maximum atomic E-state index is 11.8. The Bertz CT molecular complexity index is 1330. The number of carboxylic acids is 1. The van der Waals surface area contributed by atoms with Crippen molar-refractivity contribution in [3.63, 3.8) is 0 Å². The van der Waals surface area contributed by atoms with Gasteiger partial charge < -0.3 is 19.9 Å². The van der Waals surface area contributed by atoms with Crippen LogP contribution in [0, 0.1) is 5.92 Å². The van der Waals surface area contributed by atoms with Crippen molar-refractivity contribution in [3.8, 4) is 11.5 Å². The van der Waals surface area contributed by atoms with Gasteiger partial charge in [0, 0.05) is 25.2 Å². The van der Waals surface area contributed by atoms with E-state index in [0.29, 0.717) is 35.3 Å². The van der Waals surface area contributed by atoms with Gasteiger partial charge >= 0.3 is 5.97 Å². The predicted octanol–water partition coefficient (Wildman–Crippen LogP) is 5.25. The molecule has 1 fully saturated rings. The van der Waals surface area contributed by atoms with Gasteiger partial charge in [-0.1, -0.05) is 6.92 Å². The first-order chi connectivity index (χ1) is 17.2. The molecule has 0 amide bonds. The number of pyridine rings is 1. The van der Waals surface area contributed by atoms with E-state index in [-0.39, 0.29) is 10.5 Å². The summed E-state index contributed by atoms with van der Waals surface area (Å²) in [6.07, 6.45) is 4.43. The van der Waals surface area contributed by atoms with Gasteiger partial charge in [-0.05, 0) is 91.8 Å². The van der Waals surface area contributed by atoms with E-state index in [4.69, 9.17) is 9.47 Å². The van der Waals surface area contributed by atoms with Crippen molar-refractivity contribution in [3.05, 3.63) is 71.4 Å². The molecule has 0 radical (unpaired) electrons. The van der Waals surface area contributed by atoms with Crippen LogP contribution < -0.4 is 10.1 Å². The van der Waals surface area contributed by atoms with Crippen LogP contribution >= 0.6 is 0 Å². The Kier molecular flexibility index (Phi) is 7.91. The van der Waals surface area contributed by atoms with Gasteiger partial charge in [-0.3, -0.25) is 0 Å². The Balaban J connectivity index is 1.60. The molecular formula is C27H30N2O6S. The van der Waals surface area contributed by atoms with Crippen molar-refractivity contribution < 1.29 is 27.8 Å². The Morgan fingerprint density at radius 1 is 1.11 bits per heavy atom. The third kappa shape index (κ3) is 6.41. The maximum Gasteiger partial charge on any atom is 0.337 e. The molecule has 8 nitrogen and oxygen atoms in total. The molecule has 36 heavy (non-hydrogen) atoms. The van der Waals surface area contributed by atoms with Gasteiger partial charge in [0.1, 0.15) is 17.3 Å². The van der Waals surface area contributed by atoms with Gasteiger partial charge in [-0.25, -0.2) is 18.2 Å². The van der Waals surface area contributed by atoms with Gasteiger partial charge in [0.2, 0.25) is 0 Å². The summed E-state index contributed by atoms with van der Waals surface area (Å²) in [5.74, 6) is 1.29. The van der Waals surface area contributed by atoms with Crippen molar-refractivity contribution in [1.29, 1.82) is 0 Å². The maximum absolute atomic E-state index is 11.8. The summed E-state index contributed by atoms with van der Waals surface area (Å²) in [6, 6.07) is 15.4. The molecule has 0 spiro atoms. The minimum atomic E-state index is -3.28. The van der Waals surface area contributed by atoms with E-state index in [0.717, 1.165) is 43.7 Å². The summed E-state index contributed by atoms with van der Waals surface area (Å²) in [6.45, 7) is 3.36. The minimum Gasteiger partial charge on any atom is -0.478 e. The Hall–Kier alpha value is -3.43. The lowest BCUT2D eigenvalue weighted by Gasteiger charge is -2.23. The number of anilines is 2. The van der Waals surface area contributed by atoms with Crippen molar-refractivity contribution in [2.24, 2.45) is 5.92 Å². The van der Waals surface area contributed by atoms with Crippen LogP contribution in [0.5, 0.6) is 11.5 Å². The highest BCUT2D eigenvalue weighted by atomic mass is 32.2. The molecule has 0 bridgehead atoms. The van der Waals surface area contributed by atoms with E-state index >= 15 is 0 Å². The quantitative estimate of drug-likeness (QED) is 0.401. The Labute approximate surface area is 211 Å². The number of aryl methyl sites for hydroxylation is 1. The highest BCUT2D eigenvalue weighted by molar-refractivity contribution is 7.90. The van der Waals surface area contributed by atoms with E-state index < -0.39 is 15.8 Å². The van der Waals surface area contributed by atoms with Crippen LogP contribution in [0.25, 0.3) is 0 Å². The zero-order valence-electron chi connectivity index (χ0n) is 20.4. The zero-order chi connectivity index (χ0) is 25.7. The summed E-state index contributed by atoms with van der Waals surface area (Å²) in [5.41, 5.74) is 2.55. The Morgan fingerprint density at radius 3 is 2.47 bits per heavy atom. The molecule has 190 valence electrons. The van der Waals surface area contributed by atoms with Crippen molar-refractivity contribution >= 4 is 27.3 Å². The van der Waals surface area contributed by atoms with Crippen LogP contribution in [0.15, 0.2) is 59.5 Å². The molecular weight excluding hydrogens is 480 g/mol. The molecule has 1 aromatic heterocycles. The third-order valence-electron chi connectivity index (χ3n) is 6.20. The molecule has 2 aromatic carbocycles. The van der Waals surface area contributed by atoms with Crippen LogP contribution in [0.4, 0.5) is 11.5 Å². The number of benzene rings is 2. The lowest BCUT2D eigenvalue weighted by atomic mass is 9.92. The number of hydrogen-bond donors (Lipinski definition) is 2. The molecule has 0 aliphatic carbocycles. The summed E-state index contributed by atoms with van der Waals surface area (Å²) < 4.78 is 35.2. The smallest absolute Gasteiger partial charge is 0.337 e. The molecule has 9 heteroatoms. The first kappa shape index (κ1) is 25.7. The number of rotatable bonds is 9. The van der Waals surface area contributed by atoms with Crippen LogP contribution in [0.3, 0.4) is 0 Å². The fraction of sp³-hybridized carbons (Fsp3) is 0.333. The van der Waals surface area contributed by atoms with Crippen molar-refractivity contribution in [2.45, 2.75) is 37.5 Å². The number of carbonyl (C=O) groups is 1. The molecule has 4 rings (SSSR count). The molecule has 2 heterocycles. The fourth-order valence-electron chi connectivity index (χ4n) is 4.24.